The van der Waals surface area contributed by atoms with E-state index in [2.05, 4.69) is 34.9 Å². The summed E-state index contributed by atoms with van der Waals surface area (Å²) < 4.78 is 60.6. The number of ether oxygens (including phenoxy) is 2. The van der Waals surface area contributed by atoms with Gasteiger partial charge in [0.1, 0.15) is 0 Å². The molecule has 0 spiro atoms. The number of hydrogen-bond donors (Lipinski definition) is 2. The standard InChI is InChI=1S/2C11H12F2NO2.2C5H5.Ti/c2*1-7(2)6-16-11(15)14-10-4-3-8(12)5-9(10)13;2*1-2-4-5-3-1;/h2*3-4,7H,6H2,1-2H3,(H,14,15);2*1-3H,4H2;/q4*-1;+4. The van der Waals surface area contributed by atoms with E-state index in [0.29, 0.717) is 0 Å². The number of benzene rings is 2. The molecule has 0 atom stereocenters. The van der Waals surface area contributed by atoms with Gasteiger partial charge in [0.25, 0.3) is 0 Å². The van der Waals surface area contributed by atoms with Gasteiger partial charge in [0.05, 0.1) is 13.2 Å². The van der Waals surface area contributed by atoms with Crippen LogP contribution in [-0.2, 0) is 31.2 Å². The first kappa shape index (κ1) is 39.4. The molecule has 43 heavy (non-hydrogen) atoms. The van der Waals surface area contributed by atoms with Gasteiger partial charge in [0, 0.05) is 23.3 Å². The van der Waals surface area contributed by atoms with Crippen molar-refractivity contribution in [3.63, 3.8) is 0 Å². The van der Waals surface area contributed by atoms with Gasteiger partial charge in [-0.2, -0.15) is 12.2 Å². The molecule has 0 radical (unpaired) electrons. The Labute approximate surface area is 265 Å². The average Bonchev–Trinajstić information content (AvgIpc) is 3.70. The Morgan fingerprint density at radius 1 is 0.721 bits per heavy atom. The van der Waals surface area contributed by atoms with E-state index in [1.807, 2.05) is 52.0 Å². The van der Waals surface area contributed by atoms with E-state index in [4.69, 9.17) is 9.47 Å². The maximum Gasteiger partial charge on any atom is 4.00 e. The first-order chi connectivity index (χ1) is 20.0. The third kappa shape index (κ3) is 20.0. The minimum Gasteiger partial charge on any atom is -0.450 e. The molecule has 11 heteroatoms. The van der Waals surface area contributed by atoms with Gasteiger partial charge in [-0.15, -0.1) is 49.2 Å². The molecule has 2 aliphatic carbocycles. The molecule has 2 aliphatic rings. The summed E-state index contributed by atoms with van der Waals surface area (Å²) in [6.45, 7) is 7.97. The second-order valence-electron chi connectivity index (χ2n) is 9.31. The van der Waals surface area contributed by atoms with Crippen LogP contribution in [0, 0.1) is 59.4 Å². The summed E-state index contributed by atoms with van der Waals surface area (Å²) in [5.41, 5.74) is -0.315. The van der Waals surface area contributed by atoms with Crippen molar-refractivity contribution in [3.8, 4) is 0 Å². The predicted octanol–water partition coefficient (Wildman–Crippen LogP) is 8.55. The monoisotopic (exact) mass is 634 g/mol. The van der Waals surface area contributed by atoms with Crippen LogP contribution in [0.4, 0.5) is 38.5 Å². The Morgan fingerprint density at radius 3 is 1.33 bits per heavy atom. The summed E-state index contributed by atoms with van der Waals surface area (Å²) in [6.07, 6.45) is 18.5. The fraction of sp³-hybridized carbons (Fsp3) is 0.312. The molecule has 0 aliphatic heterocycles. The first-order valence-corrected chi connectivity index (χ1v) is 13.0. The molecule has 0 heterocycles. The smallest absolute Gasteiger partial charge is 0.450 e. The van der Waals surface area contributed by atoms with Crippen molar-refractivity contribution in [2.75, 3.05) is 23.8 Å². The molecule has 0 saturated heterocycles. The molecule has 0 unspecified atom stereocenters. The second-order valence-corrected chi connectivity index (χ2v) is 9.31. The molecule has 0 fully saturated rings. The van der Waals surface area contributed by atoms with Crippen LogP contribution in [0.2, 0.25) is 0 Å². The van der Waals surface area contributed by atoms with Crippen molar-refractivity contribution < 1.29 is 58.3 Å². The fourth-order valence-electron chi connectivity index (χ4n) is 2.54. The van der Waals surface area contributed by atoms with Gasteiger partial charge in [-0.3, -0.25) is 12.2 Å². The number of nitrogens with one attached hydrogen (secondary N) is 2. The van der Waals surface area contributed by atoms with E-state index in [1.54, 1.807) is 12.1 Å². The van der Waals surface area contributed by atoms with Crippen molar-refractivity contribution in [2.24, 2.45) is 11.8 Å². The molecule has 2 amide bonds. The van der Waals surface area contributed by atoms with Gasteiger partial charge >= 0.3 is 33.9 Å². The van der Waals surface area contributed by atoms with Crippen LogP contribution in [0.25, 0.3) is 0 Å². The minimum atomic E-state index is -0.957. The molecule has 6 nitrogen and oxygen atoms in total. The van der Waals surface area contributed by atoms with Crippen molar-refractivity contribution in [2.45, 2.75) is 40.5 Å². The number of halogens is 4. The van der Waals surface area contributed by atoms with Crippen LogP contribution in [0.1, 0.15) is 40.5 Å². The zero-order chi connectivity index (χ0) is 31.3. The van der Waals surface area contributed by atoms with E-state index in [9.17, 15) is 27.2 Å². The summed E-state index contributed by atoms with van der Waals surface area (Å²) in [6, 6.07) is 7.83. The molecular weight excluding hydrogens is 600 g/mol. The molecule has 0 bridgehead atoms. The van der Waals surface area contributed by atoms with E-state index in [0.717, 1.165) is 37.1 Å². The number of hydrogen-bond acceptors (Lipinski definition) is 4. The van der Waals surface area contributed by atoms with Crippen molar-refractivity contribution >= 4 is 23.6 Å². The molecule has 2 aromatic carbocycles. The summed E-state index contributed by atoms with van der Waals surface area (Å²) in [5.74, 6) is -3.18. The maximum atomic E-state index is 13.0. The van der Waals surface area contributed by atoms with Crippen LogP contribution < -0.4 is 10.6 Å². The van der Waals surface area contributed by atoms with E-state index in [1.165, 1.54) is 0 Å². The molecule has 4 rings (SSSR count). The van der Waals surface area contributed by atoms with Gasteiger partial charge in [0.15, 0.2) is 0 Å². The van der Waals surface area contributed by atoms with Crippen LogP contribution in [-0.4, -0.2) is 25.4 Å². The van der Waals surface area contributed by atoms with Crippen molar-refractivity contribution in [1.82, 2.24) is 0 Å². The first-order valence-electron chi connectivity index (χ1n) is 13.0. The molecule has 2 aromatic rings. The topological polar surface area (TPSA) is 76.7 Å². The SMILES string of the molecule is CC(C)COC(=O)Nc1ccc(F)[c-]c1F.CC(C)COC(=O)Nc1ccc(F)[c-]c1F.[C-]1=CC=CC1.[C-]1=CC=CC1.[Ti+4]. The number of carbonyl (C=O) groups excluding carboxylic acids is 2. The number of rotatable bonds is 6. The number of anilines is 2. The molecule has 0 aromatic heterocycles. The Morgan fingerprint density at radius 2 is 1.09 bits per heavy atom. The van der Waals surface area contributed by atoms with Crippen molar-refractivity contribution in [1.29, 1.82) is 0 Å². The predicted molar refractivity (Wildman–Crippen MR) is 153 cm³/mol. The average molecular weight is 634 g/mol. The largest absolute Gasteiger partial charge is 4.00 e. The Kier molecular flexibility index (Phi) is 21.0. The summed E-state index contributed by atoms with van der Waals surface area (Å²) in [7, 11) is 0. The van der Waals surface area contributed by atoms with Crippen molar-refractivity contribution in [3.05, 3.63) is 108 Å². The Bertz CT molecular complexity index is 1130. The van der Waals surface area contributed by atoms with E-state index in [-0.39, 0.29) is 58.1 Å². The summed E-state index contributed by atoms with van der Waals surface area (Å²) in [5, 5.41) is 4.32. The quantitative estimate of drug-likeness (QED) is 0.190. The zero-order valence-corrected chi connectivity index (χ0v) is 26.0. The third-order valence-electron chi connectivity index (χ3n) is 4.46. The number of allylic oxidation sites excluding steroid dienone is 8. The van der Waals surface area contributed by atoms with Gasteiger partial charge in [0.2, 0.25) is 0 Å². The summed E-state index contributed by atoms with van der Waals surface area (Å²) in [4.78, 5) is 22.3. The molecule has 228 valence electrons. The van der Waals surface area contributed by atoms with Gasteiger partial charge < -0.3 is 20.1 Å². The van der Waals surface area contributed by atoms with Crippen LogP contribution >= 0.6 is 0 Å². The molecule has 2 N–H and O–H groups in total. The third-order valence-corrected chi connectivity index (χ3v) is 4.46. The Balaban J connectivity index is 0.000000608. The summed E-state index contributed by atoms with van der Waals surface area (Å²) >= 11 is 0. The normalized spacial score (nSPS) is 11.8. The van der Waals surface area contributed by atoms with Gasteiger partial charge in [-0.25, -0.2) is 51.5 Å². The maximum absolute atomic E-state index is 13.0. The Hall–Kier alpha value is -3.63. The second kappa shape index (κ2) is 22.9. The van der Waals surface area contributed by atoms with Gasteiger partial charge in [-0.05, 0) is 23.2 Å². The molecular formula is C32H34F4N2O4Ti. The zero-order valence-electron chi connectivity index (χ0n) is 24.4. The number of carbonyl (C=O) groups is 2. The van der Waals surface area contributed by atoms with E-state index >= 15 is 0 Å². The number of amides is 2. The minimum absolute atomic E-state index is 0. The van der Waals surface area contributed by atoms with Gasteiger partial charge in [-0.1, -0.05) is 27.7 Å². The fourth-order valence-corrected chi connectivity index (χ4v) is 2.54. The van der Waals surface area contributed by atoms with E-state index < -0.39 is 35.5 Å². The van der Waals surface area contributed by atoms with Crippen LogP contribution in [0.5, 0.6) is 0 Å². The molecule has 0 saturated carbocycles. The van der Waals surface area contributed by atoms with Crippen LogP contribution in [0.3, 0.4) is 0 Å². The van der Waals surface area contributed by atoms with Crippen LogP contribution in [0.15, 0.2) is 60.7 Å².